The third-order valence-electron chi connectivity index (χ3n) is 5.00. The normalized spacial score (nSPS) is 17.1. The van der Waals surface area contributed by atoms with Gasteiger partial charge in [-0.05, 0) is 50.3 Å². The Morgan fingerprint density at radius 2 is 1.71 bits per heavy atom. The molecule has 0 amide bonds. The Balaban J connectivity index is 0.00000392. The number of hydrogen-bond acceptors (Lipinski definition) is 3. The summed E-state index contributed by atoms with van der Waals surface area (Å²) in [5.41, 5.74) is 0.988. The molecule has 160 valence electrons. The average molecular weight is 522 g/mol. The van der Waals surface area contributed by atoms with Crippen LogP contribution in [0.5, 0.6) is 0 Å². The van der Waals surface area contributed by atoms with E-state index in [1.165, 1.54) is 0 Å². The van der Waals surface area contributed by atoms with E-state index in [1.807, 2.05) is 19.1 Å². The molecule has 0 bridgehead atoms. The van der Waals surface area contributed by atoms with Gasteiger partial charge in [0.1, 0.15) is 0 Å². The first-order chi connectivity index (χ1) is 12.8. The van der Waals surface area contributed by atoms with E-state index in [0.29, 0.717) is 36.5 Å². The summed E-state index contributed by atoms with van der Waals surface area (Å²) in [6.45, 7) is 11.1. The number of rotatable bonds is 7. The largest absolute Gasteiger partial charge is 0.357 e. The van der Waals surface area contributed by atoms with E-state index in [0.717, 1.165) is 37.3 Å². The standard InChI is InChI=1S/C20H34N4O2S.HI/c1-5-21-20(23-17(4)16(2)3)22-15-18-9-11-19(12-10-18)27(25,26)24-13-7-6-8-14-24;/h9-12,16-17H,5-8,13-15H2,1-4H3,(H2,21,22,23);1H. The Morgan fingerprint density at radius 3 is 2.25 bits per heavy atom. The van der Waals surface area contributed by atoms with Gasteiger partial charge >= 0.3 is 0 Å². The zero-order valence-corrected chi connectivity index (χ0v) is 20.6. The summed E-state index contributed by atoms with van der Waals surface area (Å²) in [4.78, 5) is 4.99. The second-order valence-corrected chi connectivity index (χ2v) is 9.42. The number of halogens is 1. The maximum absolute atomic E-state index is 12.7. The second-order valence-electron chi connectivity index (χ2n) is 7.48. The highest BCUT2D eigenvalue weighted by atomic mass is 127. The maximum Gasteiger partial charge on any atom is 0.243 e. The molecule has 1 heterocycles. The summed E-state index contributed by atoms with van der Waals surface area (Å²) in [5.74, 6) is 1.29. The van der Waals surface area contributed by atoms with Gasteiger partial charge in [-0.3, -0.25) is 0 Å². The molecule has 1 aromatic rings. The zero-order valence-electron chi connectivity index (χ0n) is 17.4. The Kier molecular flexibility index (Phi) is 10.8. The van der Waals surface area contributed by atoms with E-state index >= 15 is 0 Å². The Labute approximate surface area is 187 Å². The monoisotopic (exact) mass is 522 g/mol. The number of aliphatic imine (C=N–C) groups is 1. The molecule has 2 rings (SSSR count). The smallest absolute Gasteiger partial charge is 0.243 e. The van der Waals surface area contributed by atoms with Crippen molar-refractivity contribution >= 4 is 40.0 Å². The highest BCUT2D eigenvalue weighted by Crippen LogP contribution is 2.21. The molecule has 0 spiro atoms. The van der Waals surface area contributed by atoms with E-state index < -0.39 is 10.0 Å². The van der Waals surface area contributed by atoms with Crippen molar-refractivity contribution in [3.05, 3.63) is 29.8 Å². The van der Waals surface area contributed by atoms with Crippen molar-refractivity contribution in [1.82, 2.24) is 14.9 Å². The molecule has 0 aromatic heterocycles. The van der Waals surface area contributed by atoms with Crippen molar-refractivity contribution in [3.8, 4) is 0 Å². The molecule has 8 heteroatoms. The van der Waals surface area contributed by atoms with Crippen LogP contribution in [-0.2, 0) is 16.6 Å². The molecule has 1 aromatic carbocycles. The molecule has 2 N–H and O–H groups in total. The van der Waals surface area contributed by atoms with Gasteiger partial charge < -0.3 is 10.6 Å². The molecular formula is C20H35IN4O2S. The van der Waals surface area contributed by atoms with Gasteiger partial charge in [0.05, 0.1) is 11.4 Å². The number of piperidine rings is 1. The first kappa shape index (κ1) is 25.2. The molecule has 0 saturated carbocycles. The molecule has 1 unspecified atom stereocenters. The van der Waals surface area contributed by atoms with Gasteiger partial charge in [-0.25, -0.2) is 13.4 Å². The number of nitrogens with one attached hydrogen (secondary N) is 2. The summed E-state index contributed by atoms with van der Waals surface area (Å²) in [6, 6.07) is 7.43. The minimum atomic E-state index is -3.37. The second kappa shape index (κ2) is 12.0. The lowest BCUT2D eigenvalue weighted by molar-refractivity contribution is 0.346. The van der Waals surface area contributed by atoms with Crippen LogP contribution in [0.2, 0.25) is 0 Å². The van der Waals surface area contributed by atoms with Crippen LogP contribution < -0.4 is 10.6 Å². The number of benzene rings is 1. The minimum absolute atomic E-state index is 0. The van der Waals surface area contributed by atoms with E-state index in [2.05, 4.69) is 36.4 Å². The highest BCUT2D eigenvalue weighted by molar-refractivity contribution is 14.0. The molecule has 28 heavy (non-hydrogen) atoms. The summed E-state index contributed by atoms with van der Waals surface area (Å²) in [7, 11) is -3.37. The van der Waals surface area contributed by atoms with Gasteiger partial charge in [0.15, 0.2) is 5.96 Å². The van der Waals surface area contributed by atoms with Gasteiger partial charge in [-0.15, -0.1) is 24.0 Å². The Bertz CT molecular complexity index is 714. The fourth-order valence-electron chi connectivity index (χ4n) is 2.89. The molecule has 1 saturated heterocycles. The van der Waals surface area contributed by atoms with Crippen molar-refractivity contribution in [1.29, 1.82) is 0 Å². The lowest BCUT2D eigenvalue weighted by Gasteiger charge is -2.25. The third kappa shape index (κ3) is 7.18. The Morgan fingerprint density at radius 1 is 1.11 bits per heavy atom. The van der Waals surface area contributed by atoms with Gasteiger partial charge in [0.2, 0.25) is 10.0 Å². The van der Waals surface area contributed by atoms with Crippen LogP contribution in [0.25, 0.3) is 0 Å². The third-order valence-corrected chi connectivity index (χ3v) is 6.92. The Hall–Kier alpha value is -0.870. The highest BCUT2D eigenvalue weighted by Gasteiger charge is 2.25. The van der Waals surface area contributed by atoms with Crippen molar-refractivity contribution < 1.29 is 8.42 Å². The van der Waals surface area contributed by atoms with Gasteiger partial charge in [-0.1, -0.05) is 32.4 Å². The van der Waals surface area contributed by atoms with Crippen LogP contribution >= 0.6 is 24.0 Å². The van der Waals surface area contributed by atoms with Crippen molar-refractivity contribution in [3.63, 3.8) is 0 Å². The summed E-state index contributed by atoms with van der Waals surface area (Å²) in [5, 5.41) is 6.66. The van der Waals surface area contributed by atoms with Gasteiger partial charge in [0.25, 0.3) is 0 Å². The van der Waals surface area contributed by atoms with Crippen molar-refractivity contribution in [2.24, 2.45) is 10.9 Å². The van der Waals surface area contributed by atoms with Crippen LogP contribution in [0.4, 0.5) is 0 Å². The van der Waals surface area contributed by atoms with Crippen LogP contribution in [-0.4, -0.2) is 44.4 Å². The lowest BCUT2D eigenvalue weighted by Crippen LogP contribution is -2.44. The molecular weight excluding hydrogens is 487 g/mol. The summed E-state index contributed by atoms with van der Waals surface area (Å²) >= 11 is 0. The van der Waals surface area contributed by atoms with Gasteiger partial charge in [0, 0.05) is 25.7 Å². The number of hydrogen-bond donors (Lipinski definition) is 2. The predicted octanol–water partition coefficient (Wildman–Crippen LogP) is 3.58. The van der Waals surface area contributed by atoms with E-state index in [-0.39, 0.29) is 24.0 Å². The van der Waals surface area contributed by atoms with E-state index in [4.69, 9.17) is 0 Å². The first-order valence-electron chi connectivity index (χ1n) is 9.98. The van der Waals surface area contributed by atoms with Gasteiger partial charge in [-0.2, -0.15) is 4.31 Å². The number of guanidine groups is 1. The predicted molar refractivity (Wildman–Crippen MR) is 127 cm³/mol. The molecule has 1 aliphatic rings. The number of nitrogens with zero attached hydrogens (tertiary/aromatic N) is 2. The van der Waals surface area contributed by atoms with Crippen LogP contribution in [0.1, 0.15) is 52.5 Å². The summed E-state index contributed by atoms with van der Waals surface area (Å²) in [6.07, 6.45) is 3.00. The minimum Gasteiger partial charge on any atom is -0.357 e. The van der Waals surface area contributed by atoms with Crippen LogP contribution in [0, 0.1) is 5.92 Å². The quantitative estimate of drug-likeness (QED) is 0.326. The number of sulfonamides is 1. The lowest BCUT2D eigenvalue weighted by atomic mass is 10.1. The van der Waals surface area contributed by atoms with E-state index in [9.17, 15) is 8.42 Å². The zero-order chi connectivity index (χ0) is 19.9. The van der Waals surface area contributed by atoms with E-state index in [1.54, 1.807) is 16.4 Å². The SMILES string of the molecule is CCNC(=NCc1ccc(S(=O)(=O)N2CCCCC2)cc1)NC(C)C(C)C.I. The maximum atomic E-state index is 12.7. The molecule has 1 aliphatic heterocycles. The van der Waals surface area contributed by atoms with Crippen LogP contribution in [0.15, 0.2) is 34.2 Å². The average Bonchev–Trinajstić information content (AvgIpc) is 2.67. The molecule has 0 radical (unpaired) electrons. The first-order valence-corrected chi connectivity index (χ1v) is 11.4. The molecule has 1 fully saturated rings. The molecule has 1 atom stereocenters. The molecule has 6 nitrogen and oxygen atoms in total. The van der Waals surface area contributed by atoms with Crippen molar-refractivity contribution in [2.45, 2.75) is 64.4 Å². The fourth-order valence-corrected chi connectivity index (χ4v) is 4.41. The molecule has 0 aliphatic carbocycles. The topological polar surface area (TPSA) is 73.8 Å². The summed E-state index contributed by atoms with van der Waals surface area (Å²) < 4.78 is 27.0. The fraction of sp³-hybridized carbons (Fsp3) is 0.650. The van der Waals surface area contributed by atoms with Crippen molar-refractivity contribution in [2.75, 3.05) is 19.6 Å². The van der Waals surface area contributed by atoms with Crippen LogP contribution in [0.3, 0.4) is 0 Å².